The Hall–Kier alpha value is -0.880. The van der Waals surface area contributed by atoms with Crippen LogP contribution in [0.3, 0.4) is 0 Å². The highest BCUT2D eigenvalue weighted by atomic mass is 32.2. The number of thiazole rings is 1. The van der Waals surface area contributed by atoms with Crippen LogP contribution in [0.15, 0.2) is 4.34 Å². The third-order valence-corrected chi connectivity index (χ3v) is 4.25. The van der Waals surface area contributed by atoms with Crippen LogP contribution in [0.1, 0.15) is 11.5 Å². The van der Waals surface area contributed by atoms with E-state index in [2.05, 4.69) is 15.0 Å². The smallest absolute Gasteiger partial charge is 0.183 e. The summed E-state index contributed by atoms with van der Waals surface area (Å²) in [6, 6.07) is 0. The van der Waals surface area contributed by atoms with Gasteiger partial charge in [0.2, 0.25) is 0 Å². The van der Waals surface area contributed by atoms with Crippen molar-refractivity contribution < 1.29 is 4.21 Å². The Labute approximate surface area is 87.9 Å². The molecule has 0 bridgehead atoms. The average Bonchev–Trinajstić information content (AvgIpc) is 2.47. The molecule has 0 radical (unpaired) electrons. The summed E-state index contributed by atoms with van der Waals surface area (Å²) in [6.45, 7) is 3.74. The van der Waals surface area contributed by atoms with E-state index in [-0.39, 0.29) is 0 Å². The molecule has 74 valence electrons. The third-order valence-electron chi connectivity index (χ3n) is 1.76. The molecule has 4 nitrogen and oxygen atoms in total. The average molecular weight is 227 g/mol. The zero-order chi connectivity index (χ0) is 10.3. The molecule has 0 aliphatic carbocycles. The van der Waals surface area contributed by atoms with Gasteiger partial charge in [0.15, 0.2) is 9.99 Å². The molecule has 6 heteroatoms. The summed E-state index contributed by atoms with van der Waals surface area (Å²) in [7, 11) is -1.04. The quantitative estimate of drug-likeness (QED) is 0.739. The van der Waals surface area contributed by atoms with E-state index in [4.69, 9.17) is 0 Å². The van der Waals surface area contributed by atoms with Gasteiger partial charge in [0.05, 0.1) is 21.2 Å². The normalized spacial score (nSPS) is 13.4. The van der Waals surface area contributed by atoms with Crippen LogP contribution in [0.2, 0.25) is 0 Å². The van der Waals surface area contributed by atoms with Crippen LogP contribution >= 0.6 is 11.3 Å². The number of rotatable bonds is 1. The lowest BCUT2D eigenvalue weighted by Gasteiger charge is -1.93. The molecule has 2 rings (SSSR count). The molecule has 2 heterocycles. The van der Waals surface area contributed by atoms with Crippen molar-refractivity contribution in [3.8, 4) is 0 Å². The molecule has 0 saturated heterocycles. The van der Waals surface area contributed by atoms with Crippen LogP contribution in [0, 0.1) is 13.8 Å². The van der Waals surface area contributed by atoms with E-state index in [9.17, 15) is 4.21 Å². The number of hydrogen-bond acceptors (Lipinski definition) is 5. The number of aromatic nitrogens is 3. The Morgan fingerprint density at radius 3 is 2.57 bits per heavy atom. The second-order valence-corrected chi connectivity index (χ2v) is 5.50. The number of hydrogen-bond donors (Lipinski definition) is 0. The van der Waals surface area contributed by atoms with Gasteiger partial charge in [-0.25, -0.2) is 15.0 Å². The van der Waals surface area contributed by atoms with Gasteiger partial charge in [0.1, 0.15) is 5.82 Å². The maximum absolute atomic E-state index is 11.2. The highest BCUT2D eigenvalue weighted by molar-refractivity contribution is 7.86. The van der Waals surface area contributed by atoms with E-state index < -0.39 is 10.8 Å². The zero-order valence-electron chi connectivity index (χ0n) is 8.07. The second kappa shape index (κ2) is 3.36. The van der Waals surface area contributed by atoms with E-state index in [1.54, 1.807) is 6.26 Å². The van der Waals surface area contributed by atoms with Crippen molar-refractivity contribution in [1.82, 2.24) is 15.0 Å². The van der Waals surface area contributed by atoms with Gasteiger partial charge in [-0.15, -0.1) is 11.3 Å². The van der Waals surface area contributed by atoms with Gasteiger partial charge >= 0.3 is 0 Å². The third kappa shape index (κ3) is 1.55. The number of nitrogens with zero attached hydrogens (tertiary/aromatic N) is 3. The van der Waals surface area contributed by atoms with Gasteiger partial charge in [-0.2, -0.15) is 0 Å². The van der Waals surface area contributed by atoms with E-state index in [0.29, 0.717) is 15.8 Å². The monoisotopic (exact) mass is 227 g/mol. The molecule has 1 unspecified atom stereocenters. The first-order valence-electron chi connectivity index (χ1n) is 4.03. The molecule has 2 aromatic heterocycles. The Morgan fingerprint density at radius 2 is 1.93 bits per heavy atom. The van der Waals surface area contributed by atoms with Gasteiger partial charge in [-0.3, -0.25) is 4.21 Å². The SMILES string of the molecule is Cc1nc(C)c2sc(S(C)=O)nc2n1. The molecule has 1 atom stereocenters. The van der Waals surface area contributed by atoms with Crippen LogP contribution in [-0.2, 0) is 10.8 Å². The minimum absolute atomic E-state index is 0.614. The minimum atomic E-state index is -1.04. The van der Waals surface area contributed by atoms with Gasteiger partial charge in [-0.1, -0.05) is 0 Å². The fraction of sp³-hybridized carbons (Fsp3) is 0.375. The molecule has 0 aromatic carbocycles. The molecule has 0 amide bonds. The first kappa shape index (κ1) is 9.67. The molecule has 0 spiro atoms. The van der Waals surface area contributed by atoms with Crippen LogP contribution in [-0.4, -0.2) is 25.4 Å². The van der Waals surface area contributed by atoms with E-state index in [1.807, 2.05) is 13.8 Å². The topological polar surface area (TPSA) is 55.7 Å². The van der Waals surface area contributed by atoms with Gasteiger partial charge in [0.25, 0.3) is 0 Å². The highest BCUT2D eigenvalue weighted by Gasteiger charge is 2.10. The Bertz CT molecular complexity index is 521. The van der Waals surface area contributed by atoms with Crippen LogP contribution < -0.4 is 0 Å². The predicted molar refractivity (Wildman–Crippen MR) is 57.0 cm³/mol. The maximum atomic E-state index is 11.2. The van der Waals surface area contributed by atoms with Crippen LogP contribution in [0.4, 0.5) is 0 Å². The van der Waals surface area contributed by atoms with Crippen molar-refractivity contribution in [1.29, 1.82) is 0 Å². The largest absolute Gasteiger partial charge is 0.252 e. The summed E-state index contributed by atoms with van der Waals surface area (Å²) >= 11 is 1.40. The lowest BCUT2D eigenvalue weighted by molar-refractivity contribution is 0.686. The minimum Gasteiger partial charge on any atom is -0.252 e. The van der Waals surface area contributed by atoms with Crippen LogP contribution in [0.25, 0.3) is 10.3 Å². The molecule has 0 aliphatic heterocycles. The fourth-order valence-electron chi connectivity index (χ4n) is 1.20. The van der Waals surface area contributed by atoms with Gasteiger partial charge in [-0.05, 0) is 13.8 Å². The van der Waals surface area contributed by atoms with E-state index in [0.717, 1.165) is 10.4 Å². The summed E-state index contributed by atoms with van der Waals surface area (Å²) in [5, 5.41) is 0. The Kier molecular flexibility index (Phi) is 2.32. The molecule has 2 aromatic rings. The first-order chi connectivity index (χ1) is 6.58. The fourth-order valence-corrected chi connectivity index (χ4v) is 2.82. The van der Waals surface area contributed by atoms with Crippen molar-refractivity contribution in [2.24, 2.45) is 0 Å². The second-order valence-electron chi connectivity index (χ2n) is 2.94. The summed E-state index contributed by atoms with van der Waals surface area (Å²) < 4.78 is 12.8. The maximum Gasteiger partial charge on any atom is 0.183 e. The molecule has 0 N–H and O–H groups in total. The number of fused-ring (bicyclic) bond motifs is 1. The van der Waals surface area contributed by atoms with Crippen molar-refractivity contribution in [3.63, 3.8) is 0 Å². The number of aryl methyl sites for hydroxylation is 2. The summed E-state index contributed by atoms with van der Waals surface area (Å²) in [5.74, 6) is 0.703. The van der Waals surface area contributed by atoms with Crippen molar-refractivity contribution in [3.05, 3.63) is 11.5 Å². The molecule has 0 saturated carbocycles. The molecule has 14 heavy (non-hydrogen) atoms. The van der Waals surface area contributed by atoms with Crippen molar-refractivity contribution >= 4 is 32.5 Å². The summed E-state index contributed by atoms with van der Waals surface area (Å²) in [6.07, 6.45) is 1.62. The molecule has 0 aliphatic rings. The zero-order valence-corrected chi connectivity index (χ0v) is 9.70. The van der Waals surface area contributed by atoms with Crippen molar-refractivity contribution in [2.45, 2.75) is 18.2 Å². The molecule has 0 fully saturated rings. The molecular formula is C8H9N3OS2. The highest BCUT2D eigenvalue weighted by Crippen LogP contribution is 2.24. The van der Waals surface area contributed by atoms with E-state index in [1.165, 1.54) is 11.3 Å². The predicted octanol–water partition coefficient (Wildman–Crippen LogP) is 1.44. The van der Waals surface area contributed by atoms with Gasteiger partial charge in [0, 0.05) is 6.26 Å². The van der Waals surface area contributed by atoms with Crippen molar-refractivity contribution in [2.75, 3.05) is 6.26 Å². The van der Waals surface area contributed by atoms with Crippen LogP contribution in [0.5, 0.6) is 0 Å². The van der Waals surface area contributed by atoms with E-state index >= 15 is 0 Å². The standard InChI is InChI=1S/C8H9N3OS2/c1-4-6-7(10-5(2)9-4)11-8(13-6)14(3)12/h1-3H3. The lowest BCUT2D eigenvalue weighted by Crippen LogP contribution is -1.91. The Balaban J connectivity index is 2.76. The lowest BCUT2D eigenvalue weighted by atomic mass is 10.4. The Morgan fingerprint density at radius 1 is 1.21 bits per heavy atom. The molecular weight excluding hydrogens is 218 g/mol. The van der Waals surface area contributed by atoms with Gasteiger partial charge < -0.3 is 0 Å². The summed E-state index contributed by atoms with van der Waals surface area (Å²) in [5.41, 5.74) is 1.56. The first-order valence-corrected chi connectivity index (χ1v) is 6.40. The summed E-state index contributed by atoms with van der Waals surface area (Å²) in [4.78, 5) is 12.6.